The van der Waals surface area contributed by atoms with E-state index in [2.05, 4.69) is 0 Å². The third-order valence-electron chi connectivity index (χ3n) is 3.44. The van der Waals surface area contributed by atoms with E-state index in [1.54, 1.807) is 26.0 Å². The van der Waals surface area contributed by atoms with Gasteiger partial charge < -0.3 is 4.74 Å². The minimum atomic E-state index is -4.10. The summed E-state index contributed by atoms with van der Waals surface area (Å²) in [5, 5.41) is 0. The van der Waals surface area contributed by atoms with Gasteiger partial charge in [0.25, 0.3) is 10.0 Å². The summed E-state index contributed by atoms with van der Waals surface area (Å²) in [6, 6.07) is 5.99. The monoisotopic (exact) mass is 366 g/mol. The van der Waals surface area contributed by atoms with Crippen molar-refractivity contribution in [3.05, 3.63) is 52.7 Å². The van der Waals surface area contributed by atoms with Gasteiger partial charge in [-0.25, -0.2) is 17.8 Å². The van der Waals surface area contributed by atoms with Crippen LogP contribution < -0.4 is 5.69 Å². The van der Waals surface area contributed by atoms with E-state index in [-0.39, 0.29) is 24.3 Å². The Balaban J connectivity index is 2.26. The molecule has 1 heterocycles. The zero-order valence-electron chi connectivity index (χ0n) is 13.8. The van der Waals surface area contributed by atoms with Crippen molar-refractivity contribution in [3.63, 3.8) is 0 Å². The number of hydrogen-bond donors (Lipinski definition) is 0. The van der Waals surface area contributed by atoms with Crippen molar-refractivity contribution in [2.75, 3.05) is 6.61 Å². The van der Waals surface area contributed by atoms with Crippen LogP contribution in [0.25, 0.3) is 0 Å². The minimum Gasteiger partial charge on any atom is -0.466 e. The number of aromatic nitrogens is 2. The lowest BCUT2D eigenvalue weighted by atomic mass is 10.2. The Kier molecular flexibility index (Phi) is 5.58. The molecule has 0 aliphatic heterocycles. The predicted molar refractivity (Wildman–Crippen MR) is 88.9 cm³/mol. The van der Waals surface area contributed by atoms with Crippen LogP contribution in [0, 0.1) is 6.92 Å². The summed E-state index contributed by atoms with van der Waals surface area (Å²) in [5.41, 5.74) is -0.132. The van der Waals surface area contributed by atoms with Crippen LogP contribution in [0.1, 0.15) is 30.1 Å². The van der Waals surface area contributed by atoms with Crippen LogP contribution in [-0.2, 0) is 19.6 Å². The molecule has 0 atom stereocenters. The Morgan fingerprint density at radius 3 is 2.32 bits per heavy atom. The second-order valence-corrected chi connectivity index (χ2v) is 7.08. The molecule has 2 aromatic rings. The van der Waals surface area contributed by atoms with Gasteiger partial charge in [-0.2, -0.15) is 3.97 Å². The van der Waals surface area contributed by atoms with Gasteiger partial charge in [0.2, 0.25) is 5.91 Å². The first-order chi connectivity index (χ1) is 11.8. The van der Waals surface area contributed by atoms with E-state index in [9.17, 15) is 22.8 Å². The molecule has 0 spiro atoms. The van der Waals surface area contributed by atoms with Crippen LogP contribution in [-0.4, -0.2) is 35.4 Å². The summed E-state index contributed by atoms with van der Waals surface area (Å²) in [6.45, 7) is 3.64. The van der Waals surface area contributed by atoms with Gasteiger partial charge in [0.15, 0.2) is 0 Å². The third kappa shape index (κ3) is 4.05. The molecule has 0 amide bonds. The van der Waals surface area contributed by atoms with E-state index in [4.69, 9.17) is 4.74 Å². The van der Waals surface area contributed by atoms with E-state index in [1.165, 1.54) is 12.1 Å². The van der Waals surface area contributed by atoms with E-state index < -0.39 is 27.6 Å². The molecular formula is C16H18N2O6S. The number of rotatable bonds is 6. The predicted octanol–water partition coefficient (Wildman–Crippen LogP) is 1.18. The summed E-state index contributed by atoms with van der Waals surface area (Å²) in [4.78, 5) is 35.5. The summed E-state index contributed by atoms with van der Waals surface area (Å²) in [5.74, 6) is -1.24. The van der Waals surface area contributed by atoms with Crippen molar-refractivity contribution in [2.45, 2.75) is 31.6 Å². The van der Waals surface area contributed by atoms with E-state index in [1.807, 2.05) is 0 Å². The Morgan fingerprint density at radius 1 is 1.08 bits per heavy atom. The fourth-order valence-electron chi connectivity index (χ4n) is 2.12. The lowest BCUT2D eigenvalue weighted by Gasteiger charge is -2.05. The lowest BCUT2D eigenvalue weighted by molar-refractivity contribution is -0.143. The van der Waals surface area contributed by atoms with Crippen LogP contribution in [0.5, 0.6) is 0 Å². The fraction of sp³-hybridized carbons (Fsp3) is 0.312. The van der Waals surface area contributed by atoms with Crippen molar-refractivity contribution in [3.8, 4) is 0 Å². The van der Waals surface area contributed by atoms with Crippen LogP contribution >= 0.6 is 0 Å². The second-order valence-electron chi connectivity index (χ2n) is 5.26. The molecule has 0 aliphatic rings. The van der Waals surface area contributed by atoms with E-state index >= 15 is 0 Å². The van der Waals surface area contributed by atoms with E-state index in [0.717, 1.165) is 18.0 Å². The molecule has 1 aromatic carbocycles. The van der Waals surface area contributed by atoms with Crippen molar-refractivity contribution < 1.29 is 22.7 Å². The molecular weight excluding hydrogens is 348 g/mol. The van der Waals surface area contributed by atoms with Gasteiger partial charge >= 0.3 is 11.7 Å². The molecule has 9 heteroatoms. The zero-order valence-corrected chi connectivity index (χ0v) is 14.7. The largest absolute Gasteiger partial charge is 0.466 e. The Labute approximate surface area is 144 Å². The molecule has 0 unspecified atom stereocenters. The van der Waals surface area contributed by atoms with Crippen LogP contribution in [0.2, 0.25) is 0 Å². The number of hydrogen-bond acceptors (Lipinski definition) is 6. The highest BCUT2D eigenvalue weighted by molar-refractivity contribution is 7.90. The number of esters is 1. The van der Waals surface area contributed by atoms with Gasteiger partial charge in [-0.1, -0.05) is 17.7 Å². The highest BCUT2D eigenvalue weighted by Gasteiger charge is 2.22. The van der Waals surface area contributed by atoms with Crippen molar-refractivity contribution in [1.29, 1.82) is 0 Å². The first-order valence-corrected chi connectivity index (χ1v) is 9.02. The summed E-state index contributed by atoms with van der Waals surface area (Å²) in [6.07, 6.45) is 1.64. The molecule has 0 aliphatic carbocycles. The second kappa shape index (κ2) is 7.47. The summed E-state index contributed by atoms with van der Waals surface area (Å²) in [7, 11) is -4.10. The number of nitrogens with zero attached hydrogens (tertiary/aromatic N) is 2. The molecule has 8 nitrogen and oxygen atoms in total. The third-order valence-corrected chi connectivity index (χ3v) is 5.10. The van der Waals surface area contributed by atoms with Crippen LogP contribution in [0.3, 0.4) is 0 Å². The first kappa shape index (κ1) is 18.7. The highest BCUT2D eigenvalue weighted by atomic mass is 32.2. The SMILES string of the molecule is CCOC(=O)CCC(=O)n1ccn(S(=O)(=O)c2ccc(C)cc2)c1=O. The molecule has 2 rings (SSSR count). The zero-order chi connectivity index (χ0) is 18.6. The van der Waals surface area contributed by atoms with Crippen molar-refractivity contribution in [2.24, 2.45) is 0 Å². The molecule has 0 radical (unpaired) electrons. The van der Waals surface area contributed by atoms with Gasteiger partial charge in [-0.05, 0) is 26.0 Å². The number of ether oxygens (including phenoxy) is 1. The number of imidazole rings is 1. The molecule has 0 N–H and O–H groups in total. The van der Waals surface area contributed by atoms with Gasteiger partial charge in [0.05, 0.1) is 17.9 Å². The molecule has 0 saturated heterocycles. The number of benzene rings is 1. The molecule has 134 valence electrons. The molecule has 1 aromatic heterocycles. The normalized spacial score (nSPS) is 11.3. The van der Waals surface area contributed by atoms with Crippen LogP contribution in [0.15, 0.2) is 46.3 Å². The number of carbonyl (C=O) groups excluding carboxylic acids is 2. The summed E-state index contributed by atoms with van der Waals surface area (Å²) < 4.78 is 30.9. The average Bonchev–Trinajstić information content (AvgIpc) is 2.96. The minimum absolute atomic E-state index is 0.0584. The number of carbonyl (C=O) groups is 2. The quantitative estimate of drug-likeness (QED) is 0.711. The summed E-state index contributed by atoms with van der Waals surface area (Å²) >= 11 is 0. The lowest BCUT2D eigenvalue weighted by Crippen LogP contribution is -2.32. The maximum atomic E-state index is 12.5. The molecule has 25 heavy (non-hydrogen) atoms. The molecule has 0 fully saturated rings. The van der Waals surface area contributed by atoms with Crippen molar-refractivity contribution >= 4 is 21.9 Å². The average molecular weight is 366 g/mol. The highest BCUT2D eigenvalue weighted by Crippen LogP contribution is 2.13. The fourth-order valence-corrected chi connectivity index (χ4v) is 3.34. The maximum absolute atomic E-state index is 12.5. The topological polar surface area (TPSA) is 104 Å². The molecule has 0 saturated carbocycles. The first-order valence-electron chi connectivity index (χ1n) is 7.58. The van der Waals surface area contributed by atoms with Gasteiger partial charge in [0.1, 0.15) is 0 Å². The van der Waals surface area contributed by atoms with Gasteiger partial charge in [0, 0.05) is 18.8 Å². The Hall–Kier alpha value is -2.68. The van der Waals surface area contributed by atoms with Gasteiger partial charge in [-0.15, -0.1) is 0 Å². The maximum Gasteiger partial charge on any atom is 0.349 e. The smallest absolute Gasteiger partial charge is 0.349 e. The van der Waals surface area contributed by atoms with Crippen molar-refractivity contribution in [1.82, 2.24) is 8.54 Å². The molecule has 0 bridgehead atoms. The standard InChI is InChI=1S/C16H18N2O6S/c1-3-24-15(20)9-8-14(19)17-10-11-18(16(17)21)25(22,23)13-6-4-12(2)5-7-13/h4-7,10-11H,3,8-9H2,1-2H3. The Bertz CT molecular complexity index is 938. The Morgan fingerprint density at radius 2 is 1.72 bits per heavy atom. The number of aryl methyl sites for hydroxylation is 1. The van der Waals surface area contributed by atoms with Crippen LogP contribution in [0.4, 0.5) is 0 Å². The van der Waals surface area contributed by atoms with E-state index in [0.29, 0.717) is 8.54 Å². The van der Waals surface area contributed by atoms with Gasteiger partial charge in [-0.3, -0.25) is 9.59 Å².